The van der Waals surface area contributed by atoms with Crippen molar-refractivity contribution < 1.29 is 9.53 Å². The van der Waals surface area contributed by atoms with E-state index >= 15 is 0 Å². The van der Waals surface area contributed by atoms with Crippen molar-refractivity contribution in [3.05, 3.63) is 62.0 Å². The van der Waals surface area contributed by atoms with Gasteiger partial charge in [-0.1, -0.05) is 31.9 Å². The molecule has 3 rings (SSSR count). The number of hydrogen-bond donors (Lipinski definition) is 0. The summed E-state index contributed by atoms with van der Waals surface area (Å²) in [5.74, 6) is 0.924. The summed E-state index contributed by atoms with van der Waals surface area (Å²) in [7, 11) is 0. The Labute approximate surface area is 134 Å². The van der Waals surface area contributed by atoms with Crippen molar-refractivity contribution in [2.24, 2.45) is 0 Å². The van der Waals surface area contributed by atoms with Crippen LogP contribution in [0.15, 0.2) is 45.3 Å². The number of fused-ring (bicyclic) bond motifs is 1. The van der Waals surface area contributed by atoms with Crippen molar-refractivity contribution in [1.29, 1.82) is 0 Å². The van der Waals surface area contributed by atoms with E-state index in [-0.39, 0.29) is 5.78 Å². The predicted molar refractivity (Wildman–Crippen MR) is 85.5 cm³/mol. The lowest BCUT2D eigenvalue weighted by atomic mass is 9.98. The molecule has 0 spiro atoms. The lowest BCUT2D eigenvalue weighted by Crippen LogP contribution is -2.10. The van der Waals surface area contributed by atoms with Crippen molar-refractivity contribution in [2.75, 3.05) is 6.61 Å². The number of ketones is 1. The highest BCUT2D eigenvalue weighted by Crippen LogP contribution is 2.28. The van der Waals surface area contributed by atoms with Gasteiger partial charge in [0.1, 0.15) is 5.75 Å². The van der Waals surface area contributed by atoms with E-state index in [0.717, 1.165) is 39.7 Å². The third-order valence-electron chi connectivity index (χ3n) is 3.34. The molecule has 1 heterocycles. The summed E-state index contributed by atoms with van der Waals surface area (Å²) in [5.41, 5.74) is 2.48. The van der Waals surface area contributed by atoms with Crippen LogP contribution in [0.4, 0.5) is 0 Å². The van der Waals surface area contributed by atoms with Crippen molar-refractivity contribution in [1.82, 2.24) is 0 Å². The molecule has 2 aromatic carbocycles. The Morgan fingerprint density at radius 2 is 1.95 bits per heavy atom. The maximum absolute atomic E-state index is 12.6. The second kappa shape index (κ2) is 5.70. The van der Waals surface area contributed by atoms with E-state index in [1.54, 1.807) is 0 Å². The minimum Gasteiger partial charge on any atom is -0.493 e. The molecule has 102 valence electrons. The van der Waals surface area contributed by atoms with Gasteiger partial charge in [0.2, 0.25) is 0 Å². The maximum Gasteiger partial charge on any atom is 0.194 e. The van der Waals surface area contributed by atoms with Gasteiger partial charge in [0, 0.05) is 20.1 Å². The quantitative estimate of drug-likeness (QED) is 0.684. The summed E-state index contributed by atoms with van der Waals surface area (Å²) in [4.78, 5) is 12.6. The highest BCUT2D eigenvalue weighted by atomic mass is 79.9. The highest BCUT2D eigenvalue weighted by Gasteiger charge is 2.17. The number of benzene rings is 2. The van der Waals surface area contributed by atoms with E-state index < -0.39 is 0 Å². The predicted octanol–water partition coefficient (Wildman–Crippen LogP) is 4.77. The summed E-state index contributed by atoms with van der Waals surface area (Å²) in [6, 6.07) is 11.3. The molecule has 0 aromatic heterocycles. The SMILES string of the molecule is O=C(c1ccc2c(c1)CCCO2)c1cc(Br)ccc1Br. The third kappa shape index (κ3) is 2.67. The Morgan fingerprint density at radius 1 is 1.10 bits per heavy atom. The summed E-state index contributed by atoms with van der Waals surface area (Å²) in [6.45, 7) is 0.761. The smallest absolute Gasteiger partial charge is 0.194 e. The lowest BCUT2D eigenvalue weighted by Gasteiger charge is -2.17. The summed E-state index contributed by atoms with van der Waals surface area (Å²) >= 11 is 6.84. The average Bonchev–Trinajstić information content (AvgIpc) is 2.48. The molecule has 0 unspecified atom stereocenters. The Hall–Kier alpha value is -1.13. The Morgan fingerprint density at radius 3 is 2.80 bits per heavy atom. The fraction of sp³-hybridized carbons (Fsp3) is 0.188. The molecule has 0 aliphatic carbocycles. The first kappa shape index (κ1) is 13.8. The summed E-state index contributed by atoms with van der Waals surface area (Å²) in [6.07, 6.45) is 1.97. The molecule has 1 aliphatic rings. The zero-order valence-corrected chi connectivity index (χ0v) is 13.8. The third-order valence-corrected chi connectivity index (χ3v) is 4.53. The van der Waals surface area contributed by atoms with Gasteiger partial charge in [-0.05, 0) is 54.8 Å². The van der Waals surface area contributed by atoms with Crippen LogP contribution in [0.3, 0.4) is 0 Å². The summed E-state index contributed by atoms with van der Waals surface area (Å²) < 4.78 is 7.28. The van der Waals surface area contributed by atoms with Crippen LogP contribution in [-0.4, -0.2) is 12.4 Å². The Balaban J connectivity index is 2.00. The highest BCUT2D eigenvalue weighted by molar-refractivity contribution is 9.11. The molecule has 0 N–H and O–H groups in total. The van der Waals surface area contributed by atoms with Crippen molar-refractivity contribution in [3.63, 3.8) is 0 Å². The van der Waals surface area contributed by atoms with Gasteiger partial charge in [0.25, 0.3) is 0 Å². The molecule has 0 fully saturated rings. The minimum atomic E-state index is 0.0200. The van der Waals surface area contributed by atoms with Crippen LogP contribution >= 0.6 is 31.9 Å². The number of hydrogen-bond acceptors (Lipinski definition) is 2. The Bertz CT molecular complexity index is 680. The van der Waals surface area contributed by atoms with Gasteiger partial charge in [-0.2, -0.15) is 0 Å². The number of carbonyl (C=O) groups excluding carboxylic acids is 1. The molecule has 0 saturated heterocycles. The van der Waals surface area contributed by atoms with E-state index in [2.05, 4.69) is 31.9 Å². The second-order valence-electron chi connectivity index (χ2n) is 4.73. The second-order valence-corrected chi connectivity index (χ2v) is 6.50. The molecule has 20 heavy (non-hydrogen) atoms. The average molecular weight is 396 g/mol. The minimum absolute atomic E-state index is 0.0200. The van der Waals surface area contributed by atoms with Gasteiger partial charge >= 0.3 is 0 Å². The van der Waals surface area contributed by atoms with Gasteiger partial charge in [-0.15, -0.1) is 0 Å². The zero-order valence-electron chi connectivity index (χ0n) is 10.7. The monoisotopic (exact) mass is 394 g/mol. The molecule has 0 amide bonds. The molecule has 4 heteroatoms. The zero-order chi connectivity index (χ0) is 14.1. The van der Waals surface area contributed by atoms with E-state index in [1.807, 2.05) is 36.4 Å². The van der Waals surface area contributed by atoms with Crippen LogP contribution < -0.4 is 4.74 Å². The van der Waals surface area contributed by atoms with Gasteiger partial charge in [-0.3, -0.25) is 4.79 Å². The largest absolute Gasteiger partial charge is 0.493 e. The molecule has 2 nitrogen and oxygen atoms in total. The first-order valence-corrected chi connectivity index (χ1v) is 7.99. The molecule has 1 aliphatic heterocycles. The topological polar surface area (TPSA) is 26.3 Å². The lowest BCUT2D eigenvalue weighted by molar-refractivity contribution is 0.103. The van der Waals surface area contributed by atoms with Crippen LogP contribution in [0, 0.1) is 0 Å². The molecular weight excluding hydrogens is 384 g/mol. The first-order chi connectivity index (χ1) is 9.65. The first-order valence-electron chi connectivity index (χ1n) is 6.40. The van der Waals surface area contributed by atoms with Crippen molar-refractivity contribution in [2.45, 2.75) is 12.8 Å². The molecular formula is C16H12Br2O2. The van der Waals surface area contributed by atoms with Gasteiger partial charge in [0.15, 0.2) is 5.78 Å². The summed E-state index contributed by atoms with van der Waals surface area (Å²) in [5, 5.41) is 0. The fourth-order valence-electron chi connectivity index (χ4n) is 2.33. The maximum atomic E-state index is 12.6. The van der Waals surface area contributed by atoms with Gasteiger partial charge in [0.05, 0.1) is 6.61 Å². The molecule has 0 radical (unpaired) electrons. The van der Waals surface area contributed by atoms with Gasteiger partial charge in [-0.25, -0.2) is 0 Å². The van der Waals surface area contributed by atoms with E-state index in [1.165, 1.54) is 0 Å². The fourth-order valence-corrected chi connectivity index (χ4v) is 3.12. The van der Waals surface area contributed by atoms with Crippen LogP contribution in [0.1, 0.15) is 27.9 Å². The number of rotatable bonds is 2. The molecule has 2 aromatic rings. The van der Waals surface area contributed by atoms with Crippen LogP contribution in [0.25, 0.3) is 0 Å². The van der Waals surface area contributed by atoms with Gasteiger partial charge < -0.3 is 4.74 Å². The molecule has 0 bridgehead atoms. The van der Waals surface area contributed by atoms with E-state index in [0.29, 0.717) is 11.1 Å². The number of halogens is 2. The number of ether oxygens (including phenoxy) is 1. The normalized spacial score (nSPS) is 13.5. The van der Waals surface area contributed by atoms with Crippen molar-refractivity contribution >= 4 is 37.6 Å². The number of aryl methyl sites for hydroxylation is 1. The van der Waals surface area contributed by atoms with Crippen LogP contribution in [0.2, 0.25) is 0 Å². The molecule has 0 atom stereocenters. The molecule has 0 saturated carbocycles. The number of carbonyl (C=O) groups is 1. The van der Waals surface area contributed by atoms with Crippen molar-refractivity contribution in [3.8, 4) is 5.75 Å². The van der Waals surface area contributed by atoms with Crippen LogP contribution in [-0.2, 0) is 6.42 Å². The van der Waals surface area contributed by atoms with E-state index in [9.17, 15) is 4.79 Å². The van der Waals surface area contributed by atoms with E-state index in [4.69, 9.17) is 4.74 Å². The standard InChI is InChI=1S/C16H12Br2O2/c17-12-4-5-14(18)13(9-12)16(19)11-3-6-15-10(8-11)2-1-7-20-15/h3-6,8-9H,1-2,7H2. The van der Waals surface area contributed by atoms with Crippen LogP contribution in [0.5, 0.6) is 5.75 Å². The Kier molecular flexibility index (Phi) is 3.94.